The number of rotatable bonds is 29. The number of carbonyl (C=O) groups excluding carboxylic acids is 8. The predicted octanol–water partition coefficient (Wildman–Crippen LogP) is 1.34. The van der Waals surface area contributed by atoms with Gasteiger partial charge in [-0.3, -0.25) is 47.9 Å². The lowest BCUT2D eigenvalue weighted by atomic mass is 9.85. The first-order valence-electron chi connectivity index (χ1n) is 22.2. The van der Waals surface area contributed by atoms with E-state index in [1.54, 1.807) is 82.3 Å². The van der Waals surface area contributed by atoms with E-state index in [2.05, 4.69) is 31.9 Å². The Morgan fingerprint density at radius 2 is 1.21 bits per heavy atom. The van der Waals surface area contributed by atoms with E-state index in [0.29, 0.717) is 24.0 Å². The molecule has 20 heteroatoms. The number of carboxylic acids is 2. The second-order valence-corrected chi connectivity index (χ2v) is 17.8. The largest absolute Gasteiger partial charge is 0.481 e. The van der Waals surface area contributed by atoms with Crippen LogP contribution in [0.1, 0.15) is 103 Å². The molecule has 0 spiro atoms. The zero-order chi connectivity index (χ0) is 50.4. The number of Topliss-reactive ketones (excluding diaryl/α,β-unsaturated/α-hetero) is 1. The minimum Gasteiger partial charge on any atom is -0.481 e. The van der Waals surface area contributed by atoms with Crippen LogP contribution in [0.2, 0.25) is 0 Å². The second kappa shape index (κ2) is 27.7. The van der Waals surface area contributed by atoms with Crippen molar-refractivity contribution in [3.63, 3.8) is 0 Å². The molecule has 0 aromatic heterocycles. The van der Waals surface area contributed by atoms with Gasteiger partial charge in [0, 0.05) is 12.8 Å². The molecule has 20 nitrogen and oxygen atoms in total. The smallest absolute Gasteiger partial charge is 0.305 e. The third kappa shape index (κ3) is 20.6. The van der Waals surface area contributed by atoms with Crippen molar-refractivity contribution in [2.24, 2.45) is 17.1 Å². The van der Waals surface area contributed by atoms with Gasteiger partial charge in [0.25, 0.3) is 5.91 Å². The molecule has 0 radical (unpaired) electrons. The van der Waals surface area contributed by atoms with Crippen molar-refractivity contribution >= 4 is 59.1 Å². The SMILES string of the molecule is CCCCC(NC(=O)[C@H](CC(C)C)NC(=O)[C@@H](NC(=O)[C@H](Cc1ccccc1C)NC(=O)[C@@H](COCc1ccccc1)NC(=O)[C@H](CC(=O)O)NC(=O)CCC(=O)O)C(C)(C)C)C(=O)C(N)=O. The number of hydrogen-bond donors (Lipinski definition) is 9. The molecule has 6 atom stereocenters. The van der Waals surface area contributed by atoms with Crippen LogP contribution in [0.4, 0.5) is 0 Å². The molecule has 0 bridgehead atoms. The molecule has 368 valence electrons. The number of primary amides is 1. The molecule has 0 aliphatic rings. The van der Waals surface area contributed by atoms with Crippen LogP contribution in [0.3, 0.4) is 0 Å². The lowest BCUT2D eigenvalue weighted by molar-refractivity contribution is -0.142. The van der Waals surface area contributed by atoms with Crippen LogP contribution in [-0.4, -0.2) is 112 Å². The topological polar surface area (TPSA) is 319 Å². The van der Waals surface area contributed by atoms with Gasteiger partial charge >= 0.3 is 11.9 Å². The third-order valence-electron chi connectivity index (χ3n) is 10.4. The number of amides is 7. The number of carbonyl (C=O) groups is 10. The Bertz CT molecular complexity index is 2050. The molecule has 0 saturated carbocycles. The van der Waals surface area contributed by atoms with Crippen molar-refractivity contribution in [2.45, 2.75) is 143 Å². The first-order valence-corrected chi connectivity index (χ1v) is 22.2. The van der Waals surface area contributed by atoms with Gasteiger partial charge in [0.2, 0.25) is 41.2 Å². The van der Waals surface area contributed by atoms with Gasteiger partial charge in [-0.05, 0) is 47.8 Å². The fourth-order valence-corrected chi connectivity index (χ4v) is 6.73. The Labute approximate surface area is 390 Å². The second-order valence-electron chi connectivity index (χ2n) is 17.8. The van der Waals surface area contributed by atoms with Crippen molar-refractivity contribution in [2.75, 3.05) is 6.61 Å². The quantitative estimate of drug-likeness (QED) is 0.0521. The first-order chi connectivity index (χ1) is 31.4. The number of aryl methyl sites for hydroxylation is 1. The van der Waals surface area contributed by atoms with E-state index < -0.39 is 127 Å². The maximum Gasteiger partial charge on any atom is 0.305 e. The predicted molar refractivity (Wildman–Crippen MR) is 244 cm³/mol. The van der Waals surface area contributed by atoms with E-state index >= 15 is 0 Å². The van der Waals surface area contributed by atoms with Gasteiger partial charge in [-0.1, -0.05) is 109 Å². The molecule has 0 aliphatic carbocycles. The Morgan fingerprint density at radius 3 is 1.78 bits per heavy atom. The van der Waals surface area contributed by atoms with Gasteiger partial charge in [-0.15, -0.1) is 0 Å². The molecule has 0 fully saturated rings. The molecule has 1 unspecified atom stereocenters. The third-order valence-corrected chi connectivity index (χ3v) is 10.4. The maximum absolute atomic E-state index is 14.5. The molecule has 67 heavy (non-hydrogen) atoms. The van der Waals surface area contributed by atoms with E-state index in [1.807, 2.05) is 20.8 Å². The van der Waals surface area contributed by atoms with Crippen LogP contribution in [0.5, 0.6) is 0 Å². The van der Waals surface area contributed by atoms with Crippen molar-refractivity contribution < 1.29 is 62.9 Å². The fraction of sp³-hybridized carbons (Fsp3) is 0.532. The number of ether oxygens (including phenoxy) is 1. The summed E-state index contributed by atoms with van der Waals surface area (Å²) in [5.41, 5.74) is 6.32. The molecular weight excluding hydrogens is 871 g/mol. The Kier molecular flexibility index (Phi) is 23.3. The molecule has 10 N–H and O–H groups in total. The zero-order valence-electron chi connectivity index (χ0n) is 39.3. The average molecular weight is 938 g/mol. The number of aliphatic carboxylic acids is 2. The number of hydrogen-bond acceptors (Lipinski definition) is 11. The van der Waals surface area contributed by atoms with Crippen LogP contribution >= 0.6 is 0 Å². The van der Waals surface area contributed by atoms with E-state index in [4.69, 9.17) is 15.6 Å². The highest BCUT2D eigenvalue weighted by molar-refractivity contribution is 6.37. The van der Waals surface area contributed by atoms with Crippen molar-refractivity contribution in [3.05, 3.63) is 71.3 Å². The molecule has 2 aromatic carbocycles. The molecule has 2 aromatic rings. The highest BCUT2D eigenvalue weighted by Crippen LogP contribution is 2.21. The molecule has 0 heterocycles. The summed E-state index contributed by atoms with van der Waals surface area (Å²) in [7, 11) is 0. The van der Waals surface area contributed by atoms with Gasteiger partial charge in [-0.2, -0.15) is 0 Å². The van der Waals surface area contributed by atoms with Gasteiger partial charge < -0.3 is 52.6 Å². The number of benzene rings is 2. The summed E-state index contributed by atoms with van der Waals surface area (Å²) in [5, 5.41) is 33.8. The summed E-state index contributed by atoms with van der Waals surface area (Å²) in [6.45, 7) is 11.7. The summed E-state index contributed by atoms with van der Waals surface area (Å²) in [5.74, 6) is -10.5. The lowest BCUT2D eigenvalue weighted by Gasteiger charge is -2.34. The molecular formula is C47H67N7O13. The van der Waals surface area contributed by atoms with Gasteiger partial charge in [0.15, 0.2) is 0 Å². The van der Waals surface area contributed by atoms with Crippen molar-refractivity contribution in [1.29, 1.82) is 0 Å². The highest BCUT2D eigenvalue weighted by Gasteiger charge is 2.39. The Balaban J connectivity index is 2.53. The summed E-state index contributed by atoms with van der Waals surface area (Å²) in [4.78, 5) is 130. The molecule has 0 aliphatic heterocycles. The van der Waals surface area contributed by atoms with Crippen LogP contribution in [0.25, 0.3) is 0 Å². The summed E-state index contributed by atoms with van der Waals surface area (Å²) in [6, 6.07) is 7.26. The van der Waals surface area contributed by atoms with Gasteiger partial charge in [0.1, 0.15) is 30.2 Å². The summed E-state index contributed by atoms with van der Waals surface area (Å²) >= 11 is 0. The average Bonchev–Trinajstić information content (AvgIpc) is 3.24. The number of carboxylic acid groups (broad SMARTS) is 2. The Morgan fingerprint density at radius 1 is 0.657 bits per heavy atom. The molecule has 0 saturated heterocycles. The monoisotopic (exact) mass is 937 g/mol. The zero-order valence-corrected chi connectivity index (χ0v) is 39.3. The standard InChI is InChI=1S/C47H67N7O13/c1-8-9-19-31(39(60)41(48)61)50-42(62)32(22-27(2)3)52-46(66)40(47(5,6)7)54-44(64)33(23-30-18-14-13-15-28(30)4)51-45(65)35(26-67-25-29-16-11-10-12-17-29)53-43(63)34(24-38(58)59)49-36(55)20-21-37(56)57/h10-18,27,31-35,40H,8-9,19-26H2,1-7H3,(H2,48,61)(H,49,55)(H,50,62)(H,51,65)(H,52,66)(H,53,63)(H,54,64)(H,56,57)(H,58,59)/t31?,32-,33-,34-,35+,40+/m0/s1. The van der Waals surface area contributed by atoms with Crippen LogP contribution in [0, 0.1) is 18.3 Å². The normalized spacial score (nSPS) is 13.9. The highest BCUT2D eigenvalue weighted by atomic mass is 16.5. The summed E-state index contributed by atoms with van der Waals surface area (Å²) < 4.78 is 5.81. The van der Waals surface area contributed by atoms with E-state index in [1.165, 1.54) is 0 Å². The van der Waals surface area contributed by atoms with Crippen LogP contribution in [-0.2, 0) is 65.7 Å². The van der Waals surface area contributed by atoms with Crippen molar-refractivity contribution in [1.82, 2.24) is 31.9 Å². The van der Waals surface area contributed by atoms with E-state index in [-0.39, 0.29) is 31.8 Å². The number of unbranched alkanes of at least 4 members (excludes halogenated alkanes) is 1. The van der Waals surface area contributed by atoms with Crippen LogP contribution in [0.15, 0.2) is 54.6 Å². The van der Waals surface area contributed by atoms with E-state index in [0.717, 1.165) is 5.56 Å². The van der Waals surface area contributed by atoms with Crippen LogP contribution < -0.4 is 37.6 Å². The first kappa shape index (κ1) is 56.4. The number of ketones is 1. The summed E-state index contributed by atoms with van der Waals surface area (Å²) in [6.07, 6.45) is -0.806. The minimum absolute atomic E-state index is 0.0306. The minimum atomic E-state index is -1.74. The van der Waals surface area contributed by atoms with Crippen molar-refractivity contribution in [3.8, 4) is 0 Å². The van der Waals surface area contributed by atoms with E-state index in [9.17, 15) is 53.1 Å². The maximum atomic E-state index is 14.5. The molecule has 7 amide bonds. The number of nitrogens with one attached hydrogen (secondary N) is 6. The Hall–Kier alpha value is -6.70. The van der Waals surface area contributed by atoms with Gasteiger partial charge in [0.05, 0.1) is 32.1 Å². The lowest BCUT2D eigenvalue weighted by Crippen LogP contribution is -2.62. The fourth-order valence-electron chi connectivity index (χ4n) is 6.73. The number of nitrogens with two attached hydrogens (primary N) is 1. The molecule has 2 rings (SSSR count). The van der Waals surface area contributed by atoms with Gasteiger partial charge in [-0.25, -0.2) is 0 Å².